The maximum atomic E-state index is 12.5. The number of rotatable bonds is 7. The third-order valence-electron chi connectivity index (χ3n) is 4.18. The predicted octanol–water partition coefficient (Wildman–Crippen LogP) is 4.35. The lowest BCUT2D eigenvalue weighted by Gasteiger charge is -2.16. The van der Waals surface area contributed by atoms with E-state index in [4.69, 9.17) is 9.47 Å². The number of para-hydroxylation sites is 1. The van der Waals surface area contributed by atoms with Gasteiger partial charge in [0.15, 0.2) is 6.10 Å². The fourth-order valence-electron chi connectivity index (χ4n) is 2.67. The molecule has 0 fully saturated rings. The molecular weight excluding hydrogens is 368 g/mol. The van der Waals surface area contributed by atoms with Gasteiger partial charge in [-0.1, -0.05) is 36.4 Å². The summed E-state index contributed by atoms with van der Waals surface area (Å²) in [5, 5.41) is 5.61. The molecule has 2 amide bonds. The van der Waals surface area contributed by atoms with Gasteiger partial charge < -0.3 is 20.1 Å². The van der Waals surface area contributed by atoms with Gasteiger partial charge in [0, 0.05) is 11.3 Å². The van der Waals surface area contributed by atoms with E-state index < -0.39 is 6.10 Å². The summed E-state index contributed by atoms with van der Waals surface area (Å²) < 4.78 is 11.0. The van der Waals surface area contributed by atoms with Gasteiger partial charge in [0.1, 0.15) is 11.5 Å². The highest BCUT2D eigenvalue weighted by molar-refractivity contribution is 6.05. The van der Waals surface area contributed by atoms with Crippen molar-refractivity contribution in [2.24, 2.45) is 0 Å². The van der Waals surface area contributed by atoms with Gasteiger partial charge in [0.05, 0.1) is 12.8 Å². The van der Waals surface area contributed by atoms with Crippen LogP contribution in [0.2, 0.25) is 0 Å². The zero-order valence-corrected chi connectivity index (χ0v) is 16.2. The number of carbonyl (C=O) groups is 2. The average Bonchev–Trinajstić information content (AvgIpc) is 2.75. The first-order chi connectivity index (χ1) is 14.1. The van der Waals surface area contributed by atoms with Crippen molar-refractivity contribution < 1.29 is 19.1 Å². The Kier molecular flexibility index (Phi) is 6.47. The zero-order valence-electron chi connectivity index (χ0n) is 16.2. The van der Waals surface area contributed by atoms with E-state index in [1.165, 1.54) is 7.11 Å². The molecule has 0 bridgehead atoms. The van der Waals surface area contributed by atoms with Gasteiger partial charge in [-0.15, -0.1) is 0 Å². The van der Waals surface area contributed by atoms with Crippen LogP contribution in [0.4, 0.5) is 11.4 Å². The first-order valence-electron chi connectivity index (χ1n) is 9.14. The number of methoxy groups -OCH3 is 1. The van der Waals surface area contributed by atoms with Gasteiger partial charge in [-0.2, -0.15) is 0 Å². The Hall–Kier alpha value is -3.80. The third-order valence-corrected chi connectivity index (χ3v) is 4.18. The van der Waals surface area contributed by atoms with Crippen LogP contribution in [0.1, 0.15) is 17.3 Å². The van der Waals surface area contributed by atoms with Crippen molar-refractivity contribution in [1.29, 1.82) is 0 Å². The highest BCUT2D eigenvalue weighted by atomic mass is 16.5. The lowest BCUT2D eigenvalue weighted by atomic mass is 10.2. The van der Waals surface area contributed by atoms with E-state index in [-0.39, 0.29) is 11.8 Å². The van der Waals surface area contributed by atoms with E-state index in [0.717, 1.165) is 0 Å². The van der Waals surface area contributed by atoms with Crippen LogP contribution in [0.3, 0.4) is 0 Å². The van der Waals surface area contributed by atoms with Crippen LogP contribution in [0.5, 0.6) is 11.5 Å². The van der Waals surface area contributed by atoms with E-state index in [2.05, 4.69) is 10.6 Å². The molecule has 29 heavy (non-hydrogen) atoms. The van der Waals surface area contributed by atoms with Crippen LogP contribution >= 0.6 is 0 Å². The molecule has 3 aromatic carbocycles. The van der Waals surface area contributed by atoms with Crippen molar-refractivity contribution in [2.45, 2.75) is 13.0 Å². The van der Waals surface area contributed by atoms with Crippen LogP contribution in [0.15, 0.2) is 78.9 Å². The Labute approximate surface area is 169 Å². The Balaban J connectivity index is 1.70. The minimum atomic E-state index is -0.693. The van der Waals surface area contributed by atoms with Gasteiger partial charge in [-0.25, -0.2) is 0 Å². The second kappa shape index (κ2) is 9.41. The van der Waals surface area contributed by atoms with E-state index in [1.807, 2.05) is 24.3 Å². The maximum absolute atomic E-state index is 12.5. The monoisotopic (exact) mass is 390 g/mol. The van der Waals surface area contributed by atoms with Crippen molar-refractivity contribution in [2.75, 3.05) is 17.7 Å². The van der Waals surface area contributed by atoms with Crippen LogP contribution < -0.4 is 20.1 Å². The molecule has 0 saturated carbocycles. The number of anilines is 2. The Morgan fingerprint density at radius 2 is 1.52 bits per heavy atom. The molecular formula is C23H22N2O4. The molecule has 6 nitrogen and oxygen atoms in total. The van der Waals surface area contributed by atoms with Gasteiger partial charge in [-0.3, -0.25) is 9.59 Å². The van der Waals surface area contributed by atoms with E-state index in [0.29, 0.717) is 28.4 Å². The standard InChI is InChI=1S/C23H22N2O4/c1-16(29-19-11-7-4-8-12-19)22(26)24-18-13-14-21(28-2)20(15-18)25-23(27)17-9-5-3-6-10-17/h3-16H,1-2H3,(H,24,26)(H,25,27)/t16-/m1/s1. The van der Waals surface area contributed by atoms with Crippen molar-refractivity contribution in [3.63, 3.8) is 0 Å². The van der Waals surface area contributed by atoms with Crippen molar-refractivity contribution in [3.8, 4) is 11.5 Å². The summed E-state index contributed by atoms with van der Waals surface area (Å²) in [4.78, 5) is 24.9. The molecule has 3 rings (SSSR count). The summed E-state index contributed by atoms with van der Waals surface area (Å²) in [6, 6.07) is 23.0. The molecule has 3 aromatic rings. The first kappa shape index (κ1) is 19.9. The van der Waals surface area contributed by atoms with Gasteiger partial charge >= 0.3 is 0 Å². The minimum absolute atomic E-state index is 0.270. The van der Waals surface area contributed by atoms with E-state index in [1.54, 1.807) is 61.5 Å². The zero-order chi connectivity index (χ0) is 20.6. The predicted molar refractivity (Wildman–Crippen MR) is 113 cm³/mol. The van der Waals surface area contributed by atoms with Crippen molar-refractivity contribution >= 4 is 23.2 Å². The maximum Gasteiger partial charge on any atom is 0.265 e. The number of benzene rings is 3. The van der Waals surface area contributed by atoms with E-state index >= 15 is 0 Å². The Bertz CT molecular complexity index is 975. The summed E-state index contributed by atoms with van der Waals surface area (Å²) in [5.74, 6) is 0.522. The third kappa shape index (κ3) is 5.35. The normalized spacial score (nSPS) is 11.2. The molecule has 0 spiro atoms. The molecule has 0 aliphatic carbocycles. The molecule has 0 saturated heterocycles. The largest absolute Gasteiger partial charge is 0.495 e. The molecule has 0 unspecified atom stereocenters. The van der Waals surface area contributed by atoms with Gasteiger partial charge in [0.2, 0.25) is 0 Å². The highest BCUT2D eigenvalue weighted by Crippen LogP contribution is 2.28. The Morgan fingerprint density at radius 3 is 2.17 bits per heavy atom. The van der Waals surface area contributed by atoms with Crippen molar-refractivity contribution in [1.82, 2.24) is 0 Å². The number of carbonyl (C=O) groups excluding carboxylic acids is 2. The summed E-state index contributed by atoms with van der Waals surface area (Å²) in [6.07, 6.45) is -0.693. The number of hydrogen-bond acceptors (Lipinski definition) is 4. The second-order valence-corrected chi connectivity index (χ2v) is 6.30. The summed E-state index contributed by atoms with van der Waals surface area (Å²) >= 11 is 0. The summed E-state index contributed by atoms with van der Waals surface area (Å²) in [6.45, 7) is 1.67. The van der Waals surface area contributed by atoms with E-state index in [9.17, 15) is 9.59 Å². The molecule has 0 aromatic heterocycles. The van der Waals surface area contributed by atoms with Crippen molar-refractivity contribution in [3.05, 3.63) is 84.4 Å². The van der Waals surface area contributed by atoms with Gasteiger partial charge in [-0.05, 0) is 49.4 Å². The lowest BCUT2D eigenvalue weighted by Crippen LogP contribution is -2.30. The molecule has 0 radical (unpaired) electrons. The minimum Gasteiger partial charge on any atom is -0.495 e. The lowest BCUT2D eigenvalue weighted by molar-refractivity contribution is -0.122. The summed E-state index contributed by atoms with van der Waals surface area (Å²) in [7, 11) is 1.52. The first-order valence-corrected chi connectivity index (χ1v) is 9.14. The molecule has 148 valence electrons. The van der Waals surface area contributed by atoms with Crippen LogP contribution in [-0.4, -0.2) is 25.0 Å². The average molecular weight is 390 g/mol. The number of hydrogen-bond donors (Lipinski definition) is 2. The highest BCUT2D eigenvalue weighted by Gasteiger charge is 2.16. The molecule has 0 heterocycles. The number of nitrogens with one attached hydrogen (secondary N) is 2. The van der Waals surface area contributed by atoms with Crippen LogP contribution in [0.25, 0.3) is 0 Å². The molecule has 0 aliphatic heterocycles. The van der Waals surface area contributed by atoms with Gasteiger partial charge in [0.25, 0.3) is 11.8 Å². The number of ether oxygens (including phenoxy) is 2. The molecule has 6 heteroatoms. The Morgan fingerprint density at radius 1 is 0.862 bits per heavy atom. The molecule has 0 aliphatic rings. The molecule has 1 atom stereocenters. The molecule has 2 N–H and O–H groups in total. The SMILES string of the molecule is COc1ccc(NC(=O)[C@@H](C)Oc2ccccc2)cc1NC(=O)c1ccccc1. The quantitative estimate of drug-likeness (QED) is 0.629. The topological polar surface area (TPSA) is 76.7 Å². The van der Waals surface area contributed by atoms with Crippen LogP contribution in [0, 0.1) is 0 Å². The fraction of sp³-hybridized carbons (Fsp3) is 0.130. The van der Waals surface area contributed by atoms with Crippen LogP contribution in [-0.2, 0) is 4.79 Å². The number of amides is 2. The second-order valence-electron chi connectivity index (χ2n) is 6.30. The summed E-state index contributed by atoms with van der Waals surface area (Å²) in [5.41, 5.74) is 1.49. The smallest absolute Gasteiger partial charge is 0.265 e. The fourth-order valence-corrected chi connectivity index (χ4v) is 2.67.